The second-order valence-corrected chi connectivity index (χ2v) is 11.0. The number of nitrogens with two attached hydrogens (primary N) is 2. The predicted molar refractivity (Wildman–Crippen MR) is 168 cm³/mol. The number of halogens is 2. The Kier molecular flexibility index (Phi) is 26.7. The van der Waals surface area contributed by atoms with E-state index in [2.05, 4.69) is 41.5 Å². The van der Waals surface area contributed by atoms with E-state index in [9.17, 15) is 0 Å². The van der Waals surface area contributed by atoms with Gasteiger partial charge in [-0.1, -0.05) is 119 Å². The summed E-state index contributed by atoms with van der Waals surface area (Å²) in [6.07, 6.45) is 25.7. The minimum absolute atomic E-state index is 0. The SMILES string of the molecule is Br.Br.CCCCC(N)(CCCC)C(CCCC)(CCCC)C(CCCC)(CCCC)CCCN. The van der Waals surface area contributed by atoms with Crippen LogP contribution in [0.25, 0.3) is 0 Å². The normalized spacial score (nSPS) is 12.4. The van der Waals surface area contributed by atoms with Gasteiger partial charge in [-0.2, -0.15) is 0 Å². The molecule has 0 heterocycles. The zero-order valence-electron chi connectivity index (χ0n) is 24.3. The first-order valence-corrected chi connectivity index (χ1v) is 14.9. The molecule has 4 heteroatoms. The molecule has 0 aromatic heterocycles. The topological polar surface area (TPSA) is 52.0 Å². The first kappa shape index (κ1) is 39.4. The lowest BCUT2D eigenvalue weighted by molar-refractivity contribution is -0.0892. The Balaban J connectivity index is -0.00000480. The molecular weight excluding hydrogens is 548 g/mol. The van der Waals surface area contributed by atoms with Crippen LogP contribution in [0.1, 0.15) is 170 Å². The number of hydrogen-bond acceptors (Lipinski definition) is 2. The Morgan fingerprint density at radius 2 is 0.735 bits per heavy atom. The molecule has 210 valence electrons. The fourth-order valence-electron chi connectivity index (χ4n) is 6.79. The van der Waals surface area contributed by atoms with Crippen LogP contribution in [0.15, 0.2) is 0 Å². The van der Waals surface area contributed by atoms with Gasteiger partial charge in [0.25, 0.3) is 0 Å². The van der Waals surface area contributed by atoms with Crippen molar-refractivity contribution < 1.29 is 0 Å². The van der Waals surface area contributed by atoms with E-state index in [1.54, 1.807) is 0 Å². The van der Waals surface area contributed by atoms with Gasteiger partial charge in [0.1, 0.15) is 0 Å². The van der Waals surface area contributed by atoms with Crippen LogP contribution < -0.4 is 11.5 Å². The van der Waals surface area contributed by atoms with Gasteiger partial charge in [0, 0.05) is 5.54 Å². The Morgan fingerprint density at radius 1 is 0.441 bits per heavy atom. The van der Waals surface area contributed by atoms with Crippen LogP contribution in [0.2, 0.25) is 0 Å². The van der Waals surface area contributed by atoms with Gasteiger partial charge in [-0.3, -0.25) is 0 Å². The largest absolute Gasteiger partial charge is 0.330 e. The van der Waals surface area contributed by atoms with Gasteiger partial charge >= 0.3 is 0 Å². The molecule has 0 atom stereocenters. The van der Waals surface area contributed by atoms with Crippen LogP contribution in [0.3, 0.4) is 0 Å². The average Bonchev–Trinajstić information content (AvgIpc) is 2.81. The second-order valence-electron chi connectivity index (χ2n) is 11.0. The first-order valence-electron chi connectivity index (χ1n) is 14.9. The molecular formula is C30H66Br2N2. The maximum Gasteiger partial charge on any atom is 0.0216 e. The molecule has 0 rings (SSSR count). The summed E-state index contributed by atoms with van der Waals surface area (Å²) in [5, 5.41) is 0. The first-order chi connectivity index (χ1) is 15.4. The molecule has 0 aromatic carbocycles. The molecule has 0 bridgehead atoms. The third-order valence-electron chi connectivity index (χ3n) is 8.71. The molecule has 2 nitrogen and oxygen atoms in total. The van der Waals surface area contributed by atoms with Crippen molar-refractivity contribution in [1.29, 1.82) is 0 Å². The molecule has 0 radical (unpaired) electrons. The summed E-state index contributed by atoms with van der Waals surface area (Å²) in [4.78, 5) is 0. The summed E-state index contributed by atoms with van der Waals surface area (Å²) in [6.45, 7) is 15.0. The van der Waals surface area contributed by atoms with E-state index in [0.29, 0.717) is 5.41 Å². The fraction of sp³-hybridized carbons (Fsp3) is 1.00. The van der Waals surface area contributed by atoms with E-state index in [1.165, 1.54) is 122 Å². The van der Waals surface area contributed by atoms with Crippen LogP contribution in [0, 0.1) is 10.8 Å². The van der Waals surface area contributed by atoms with Gasteiger partial charge in [0.2, 0.25) is 0 Å². The maximum atomic E-state index is 7.80. The van der Waals surface area contributed by atoms with Crippen molar-refractivity contribution >= 4 is 34.0 Å². The highest BCUT2D eigenvalue weighted by Crippen LogP contribution is 2.62. The summed E-state index contributed by atoms with van der Waals surface area (Å²) in [7, 11) is 0. The summed E-state index contributed by atoms with van der Waals surface area (Å²) in [6, 6.07) is 0. The molecule has 0 amide bonds. The van der Waals surface area contributed by atoms with Crippen molar-refractivity contribution in [2.45, 2.75) is 175 Å². The van der Waals surface area contributed by atoms with E-state index in [1.807, 2.05) is 0 Å². The van der Waals surface area contributed by atoms with Crippen molar-refractivity contribution in [1.82, 2.24) is 0 Å². The Bertz CT molecular complexity index is 390. The molecule has 34 heavy (non-hydrogen) atoms. The van der Waals surface area contributed by atoms with E-state index in [-0.39, 0.29) is 44.9 Å². The van der Waals surface area contributed by atoms with Gasteiger partial charge in [0.15, 0.2) is 0 Å². The van der Waals surface area contributed by atoms with Gasteiger partial charge in [-0.05, 0) is 68.7 Å². The molecule has 0 aliphatic heterocycles. The molecule has 0 unspecified atom stereocenters. The van der Waals surface area contributed by atoms with Crippen molar-refractivity contribution in [2.75, 3.05) is 6.54 Å². The summed E-state index contributed by atoms with van der Waals surface area (Å²) >= 11 is 0. The molecule has 0 aliphatic carbocycles. The van der Waals surface area contributed by atoms with Crippen molar-refractivity contribution in [2.24, 2.45) is 22.3 Å². The monoisotopic (exact) mass is 612 g/mol. The predicted octanol–water partition coefficient (Wildman–Crippen LogP) is 10.7. The molecule has 0 aliphatic rings. The average molecular weight is 615 g/mol. The van der Waals surface area contributed by atoms with E-state index < -0.39 is 0 Å². The lowest BCUT2D eigenvalue weighted by atomic mass is 9.45. The number of hydrogen-bond donors (Lipinski definition) is 2. The van der Waals surface area contributed by atoms with Crippen LogP contribution in [0.4, 0.5) is 0 Å². The fourth-order valence-corrected chi connectivity index (χ4v) is 6.79. The zero-order chi connectivity index (χ0) is 24.3. The van der Waals surface area contributed by atoms with E-state index >= 15 is 0 Å². The van der Waals surface area contributed by atoms with E-state index in [4.69, 9.17) is 11.5 Å². The summed E-state index contributed by atoms with van der Waals surface area (Å²) < 4.78 is 0. The molecule has 0 saturated heterocycles. The quantitative estimate of drug-likeness (QED) is 0.120. The molecule has 0 fully saturated rings. The highest BCUT2D eigenvalue weighted by Gasteiger charge is 2.58. The van der Waals surface area contributed by atoms with Crippen LogP contribution in [0.5, 0.6) is 0 Å². The van der Waals surface area contributed by atoms with Crippen LogP contribution in [-0.2, 0) is 0 Å². The molecule has 0 spiro atoms. The summed E-state index contributed by atoms with van der Waals surface area (Å²) in [5.41, 5.74) is 14.5. The van der Waals surface area contributed by atoms with Crippen molar-refractivity contribution in [3.05, 3.63) is 0 Å². The smallest absolute Gasteiger partial charge is 0.0216 e. The Labute approximate surface area is 237 Å². The minimum atomic E-state index is -0.0422. The van der Waals surface area contributed by atoms with Crippen LogP contribution in [-0.4, -0.2) is 12.1 Å². The number of unbranched alkanes of at least 4 members (excludes halogenated alkanes) is 6. The summed E-state index contributed by atoms with van der Waals surface area (Å²) in [5.74, 6) is 0. The lowest BCUT2D eigenvalue weighted by Gasteiger charge is -2.62. The van der Waals surface area contributed by atoms with Crippen LogP contribution >= 0.6 is 34.0 Å². The second kappa shape index (κ2) is 23.0. The van der Waals surface area contributed by atoms with E-state index in [0.717, 1.165) is 13.0 Å². The standard InChI is InChI=1S/C30H64N2.2BrH/c1-7-13-20-28(21-14-8-2,22-19-27-31)29(23-15-9-3,24-16-10-4)30(32,25-17-11-5)26-18-12-6;;/h7-27,31-32H2,1-6H3;2*1H. The molecule has 0 aromatic rings. The Hall–Kier alpha value is 0.880. The third kappa shape index (κ3) is 11.5. The highest BCUT2D eigenvalue weighted by molar-refractivity contribution is 8.93. The molecule has 0 saturated carbocycles. The maximum absolute atomic E-state index is 7.80. The highest BCUT2D eigenvalue weighted by atomic mass is 79.9. The van der Waals surface area contributed by atoms with Gasteiger partial charge in [0.05, 0.1) is 0 Å². The van der Waals surface area contributed by atoms with Crippen molar-refractivity contribution in [3.8, 4) is 0 Å². The molecule has 4 N–H and O–H groups in total. The van der Waals surface area contributed by atoms with Crippen molar-refractivity contribution in [3.63, 3.8) is 0 Å². The lowest BCUT2D eigenvalue weighted by Crippen LogP contribution is -2.63. The Morgan fingerprint density at radius 3 is 1.06 bits per heavy atom. The minimum Gasteiger partial charge on any atom is -0.330 e. The van der Waals surface area contributed by atoms with Gasteiger partial charge in [-0.15, -0.1) is 34.0 Å². The third-order valence-corrected chi connectivity index (χ3v) is 8.71. The van der Waals surface area contributed by atoms with Gasteiger partial charge < -0.3 is 11.5 Å². The zero-order valence-corrected chi connectivity index (χ0v) is 27.7. The van der Waals surface area contributed by atoms with Gasteiger partial charge in [-0.25, -0.2) is 0 Å². The number of rotatable bonds is 23.